The van der Waals surface area contributed by atoms with E-state index in [0.29, 0.717) is 17.2 Å². The third-order valence-electron chi connectivity index (χ3n) is 3.33. The van der Waals surface area contributed by atoms with E-state index in [1.165, 1.54) is 4.88 Å². The van der Waals surface area contributed by atoms with Gasteiger partial charge < -0.3 is 19.9 Å². The first-order valence-corrected chi connectivity index (χ1v) is 7.94. The van der Waals surface area contributed by atoms with Gasteiger partial charge in [0, 0.05) is 10.4 Å². The summed E-state index contributed by atoms with van der Waals surface area (Å²) >= 11 is 5.16. The lowest BCUT2D eigenvalue weighted by Gasteiger charge is -2.19. The van der Waals surface area contributed by atoms with Crippen LogP contribution in [-0.4, -0.2) is 21.3 Å². The molecule has 0 saturated heterocycles. The molecule has 0 amide bonds. The number of aryl methyl sites for hydroxylation is 1. The minimum absolute atomic E-state index is 0.290. The Bertz CT molecular complexity index is 642. The maximum atomic E-state index is 6.43. The molecule has 0 fully saturated rings. The number of benzene rings is 1. The molecular formula is C15H18BrNO3S. The molecule has 1 atom stereocenters. The van der Waals surface area contributed by atoms with Crippen LogP contribution in [0.4, 0.5) is 0 Å². The first kappa shape index (κ1) is 16.1. The Morgan fingerprint density at radius 3 is 2.19 bits per heavy atom. The second kappa shape index (κ2) is 6.68. The minimum atomic E-state index is -0.290. The molecule has 0 bridgehead atoms. The van der Waals surface area contributed by atoms with Crippen LogP contribution in [0.25, 0.3) is 0 Å². The zero-order valence-corrected chi connectivity index (χ0v) is 14.8. The molecule has 2 rings (SSSR count). The summed E-state index contributed by atoms with van der Waals surface area (Å²) in [5.41, 5.74) is 8.36. The first-order chi connectivity index (χ1) is 10.0. The smallest absolute Gasteiger partial charge is 0.203 e. The number of rotatable bonds is 5. The van der Waals surface area contributed by atoms with Crippen LogP contribution in [0.5, 0.6) is 17.2 Å². The van der Waals surface area contributed by atoms with E-state index in [1.807, 2.05) is 18.2 Å². The first-order valence-electron chi connectivity index (χ1n) is 6.33. The predicted molar refractivity (Wildman–Crippen MR) is 88.9 cm³/mol. The molecule has 0 spiro atoms. The molecule has 0 aliphatic carbocycles. The average Bonchev–Trinajstić information content (AvgIpc) is 2.83. The Hall–Kier alpha value is -1.24. The van der Waals surface area contributed by atoms with Gasteiger partial charge in [-0.05, 0) is 46.6 Å². The fourth-order valence-electron chi connectivity index (χ4n) is 2.30. The number of hydrogen-bond acceptors (Lipinski definition) is 5. The standard InChI is InChI=1S/C15H18BrNO3S/c1-8-10(7-12(16)21-8)13(17)9-5-6-11(18-2)15(20-4)14(9)19-3/h5-7,13H,17H2,1-4H3. The van der Waals surface area contributed by atoms with E-state index in [1.54, 1.807) is 32.7 Å². The topological polar surface area (TPSA) is 53.7 Å². The molecule has 1 heterocycles. The fourth-order valence-corrected chi connectivity index (χ4v) is 4.06. The Labute approximate surface area is 137 Å². The minimum Gasteiger partial charge on any atom is -0.493 e. The van der Waals surface area contributed by atoms with Gasteiger partial charge >= 0.3 is 0 Å². The van der Waals surface area contributed by atoms with E-state index in [2.05, 4.69) is 22.9 Å². The third-order valence-corrected chi connectivity index (χ3v) is 4.90. The van der Waals surface area contributed by atoms with Crippen molar-refractivity contribution in [3.8, 4) is 17.2 Å². The van der Waals surface area contributed by atoms with Crippen molar-refractivity contribution in [3.63, 3.8) is 0 Å². The highest BCUT2D eigenvalue weighted by Gasteiger charge is 2.23. The van der Waals surface area contributed by atoms with E-state index in [4.69, 9.17) is 19.9 Å². The quantitative estimate of drug-likeness (QED) is 0.865. The highest BCUT2D eigenvalue weighted by atomic mass is 79.9. The van der Waals surface area contributed by atoms with Crippen LogP contribution in [0.15, 0.2) is 22.0 Å². The molecule has 21 heavy (non-hydrogen) atoms. The second-order valence-electron chi connectivity index (χ2n) is 4.46. The molecule has 2 N–H and O–H groups in total. The molecule has 0 aliphatic heterocycles. The summed E-state index contributed by atoms with van der Waals surface area (Å²) in [5, 5.41) is 0. The number of halogens is 1. The van der Waals surface area contributed by atoms with Gasteiger partial charge in [0.05, 0.1) is 31.2 Å². The van der Waals surface area contributed by atoms with Crippen LogP contribution >= 0.6 is 27.3 Å². The molecule has 6 heteroatoms. The van der Waals surface area contributed by atoms with Gasteiger partial charge in [0.25, 0.3) is 0 Å². The lowest BCUT2D eigenvalue weighted by molar-refractivity contribution is 0.321. The van der Waals surface area contributed by atoms with Gasteiger partial charge in [0.2, 0.25) is 5.75 Å². The van der Waals surface area contributed by atoms with Gasteiger partial charge in [-0.25, -0.2) is 0 Å². The molecule has 1 unspecified atom stereocenters. The number of methoxy groups -OCH3 is 3. The van der Waals surface area contributed by atoms with Crippen LogP contribution in [0.2, 0.25) is 0 Å². The van der Waals surface area contributed by atoms with Crippen molar-refractivity contribution in [2.24, 2.45) is 5.73 Å². The molecule has 2 aromatic rings. The number of hydrogen-bond donors (Lipinski definition) is 1. The molecule has 0 saturated carbocycles. The Kier molecular flexibility index (Phi) is 5.13. The normalized spacial score (nSPS) is 12.1. The van der Waals surface area contributed by atoms with Crippen molar-refractivity contribution in [2.75, 3.05) is 21.3 Å². The Morgan fingerprint density at radius 1 is 1.05 bits per heavy atom. The highest BCUT2D eigenvalue weighted by molar-refractivity contribution is 9.11. The lowest BCUT2D eigenvalue weighted by Crippen LogP contribution is -2.14. The van der Waals surface area contributed by atoms with Gasteiger partial charge in [-0.15, -0.1) is 11.3 Å². The summed E-state index contributed by atoms with van der Waals surface area (Å²) in [6, 6.07) is 5.51. The Morgan fingerprint density at radius 2 is 1.71 bits per heavy atom. The molecule has 0 radical (unpaired) electrons. The van der Waals surface area contributed by atoms with Crippen LogP contribution < -0.4 is 19.9 Å². The fraction of sp³-hybridized carbons (Fsp3) is 0.333. The van der Waals surface area contributed by atoms with E-state index < -0.39 is 0 Å². The molecular weight excluding hydrogens is 354 g/mol. The summed E-state index contributed by atoms with van der Waals surface area (Å²) in [4.78, 5) is 1.17. The van der Waals surface area contributed by atoms with Crippen molar-refractivity contribution in [3.05, 3.63) is 38.0 Å². The summed E-state index contributed by atoms with van der Waals surface area (Å²) in [5.74, 6) is 1.78. The lowest BCUT2D eigenvalue weighted by atomic mass is 9.98. The van der Waals surface area contributed by atoms with Gasteiger partial charge in [0.1, 0.15) is 0 Å². The largest absolute Gasteiger partial charge is 0.493 e. The molecule has 1 aromatic heterocycles. The van der Waals surface area contributed by atoms with Gasteiger partial charge in [-0.3, -0.25) is 0 Å². The van der Waals surface area contributed by atoms with Crippen molar-refractivity contribution in [2.45, 2.75) is 13.0 Å². The van der Waals surface area contributed by atoms with Crippen LogP contribution in [0.1, 0.15) is 22.0 Å². The number of thiophene rings is 1. The van der Waals surface area contributed by atoms with Crippen molar-refractivity contribution >= 4 is 27.3 Å². The summed E-state index contributed by atoms with van der Waals surface area (Å²) in [6.07, 6.45) is 0. The second-order valence-corrected chi connectivity index (χ2v) is 7.10. The molecule has 114 valence electrons. The van der Waals surface area contributed by atoms with Crippen molar-refractivity contribution in [1.29, 1.82) is 0 Å². The van der Waals surface area contributed by atoms with Crippen LogP contribution in [0, 0.1) is 6.92 Å². The van der Waals surface area contributed by atoms with Gasteiger partial charge in [-0.2, -0.15) is 0 Å². The molecule has 4 nitrogen and oxygen atoms in total. The summed E-state index contributed by atoms with van der Waals surface area (Å²) in [7, 11) is 4.78. The van der Waals surface area contributed by atoms with Crippen LogP contribution in [0.3, 0.4) is 0 Å². The zero-order valence-electron chi connectivity index (χ0n) is 12.4. The molecule has 1 aromatic carbocycles. The van der Waals surface area contributed by atoms with E-state index in [9.17, 15) is 0 Å². The van der Waals surface area contributed by atoms with Crippen molar-refractivity contribution in [1.82, 2.24) is 0 Å². The van der Waals surface area contributed by atoms with Gasteiger partial charge in [-0.1, -0.05) is 0 Å². The van der Waals surface area contributed by atoms with E-state index >= 15 is 0 Å². The van der Waals surface area contributed by atoms with E-state index in [-0.39, 0.29) is 6.04 Å². The van der Waals surface area contributed by atoms with Crippen molar-refractivity contribution < 1.29 is 14.2 Å². The number of nitrogens with two attached hydrogens (primary N) is 1. The summed E-state index contributed by atoms with van der Waals surface area (Å²) < 4.78 is 17.3. The predicted octanol–water partition coefficient (Wildman–Crippen LogP) is 3.89. The highest BCUT2D eigenvalue weighted by Crippen LogP contribution is 2.44. The van der Waals surface area contributed by atoms with Gasteiger partial charge in [0.15, 0.2) is 11.5 Å². The maximum absolute atomic E-state index is 6.43. The SMILES string of the molecule is COc1ccc(C(N)c2cc(Br)sc2C)c(OC)c1OC. The maximum Gasteiger partial charge on any atom is 0.203 e. The molecule has 0 aliphatic rings. The third kappa shape index (κ3) is 3.02. The number of ether oxygens (including phenoxy) is 3. The van der Waals surface area contributed by atoms with Crippen LogP contribution in [-0.2, 0) is 0 Å². The monoisotopic (exact) mass is 371 g/mol. The zero-order chi connectivity index (χ0) is 15.6. The average molecular weight is 372 g/mol. The van der Waals surface area contributed by atoms with E-state index in [0.717, 1.165) is 14.9 Å². The summed E-state index contributed by atoms with van der Waals surface area (Å²) in [6.45, 7) is 2.05. The Balaban J connectivity index is 2.55.